The Morgan fingerprint density at radius 1 is 0.780 bits per heavy atom. The highest BCUT2D eigenvalue weighted by Gasteiger charge is 2.42. The molecule has 0 bridgehead atoms. The second-order valence-corrected chi connectivity index (χ2v) is 11.4. The molecule has 0 unspecified atom stereocenters. The van der Waals surface area contributed by atoms with Crippen LogP contribution in [0.25, 0.3) is 0 Å². The number of ether oxygens (including phenoxy) is 1. The maximum atomic E-state index is 12.9. The lowest BCUT2D eigenvalue weighted by Gasteiger charge is -2.43. The maximum absolute atomic E-state index is 12.9. The number of nitrogens with zero attached hydrogens (tertiary/aromatic N) is 2. The van der Waals surface area contributed by atoms with Gasteiger partial charge in [-0.1, -0.05) is 98.3 Å². The summed E-state index contributed by atoms with van der Waals surface area (Å²) in [6.45, 7) is 11.8. The zero-order valence-electron chi connectivity index (χ0n) is 24.8. The standard InChI is InChI=1S/C37H44N2O2/c1-4-5-26-41-34-20-18-33(19-21-34)37(40,32-14-10-7-11-15-32)35(31-12-8-6-9-13-31)28-38-22-24-39(25-23-38)36-27-29(2)16-17-30(36)3/h6-21,27,35,40H,4-5,22-26,28H2,1-3H3/t35-,37-/m0/s1. The van der Waals surface area contributed by atoms with Gasteiger partial charge in [-0.05, 0) is 66.3 Å². The van der Waals surface area contributed by atoms with Gasteiger partial charge in [0.2, 0.25) is 0 Å². The summed E-state index contributed by atoms with van der Waals surface area (Å²) < 4.78 is 5.95. The van der Waals surface area contributed by atoms with Crippen molar-refractivity contribution in [2.75, 3.05) is 44.2 Å². The van der Waals surface area contributed by atoms with E-state index < -0.39 is 5.60 Å². The van der Waals surface area contributed by atoms with Gasteiger partial charge < -0.3 is 14.7 Å². The highest BCUT2D eigenvalue weighted by molar-refractivity contribution is 5.55. The molecule has 4 aromatic rings. The Morgan fingerprint density at radius 3 is 2.07 bits per heavy atom. The number of unbranched alkanes of at least 4 members (excludes halogenated alkanes) is 1. The Kier molecular flexibility index (Phi) is 9.43. The summed E-state index contributed by atoms with van der Waals surface area (Å²) in [6.07, 6.45) is 2.13. The van der Waals surface area contributed by atoms with Crippen LogP contribution in [0.5, 0.6) is 5.75 Å². The summed E-state index contributed by atoms with van der Waals surface area (Å²) >= 11 is 0. The second kappa shape index (κ2) is 13.4. The second-order valence-electron chi connectivity index (χ2n) is 11.4. The van der Waals surface area contributed by atoms with Gasteiger partial charge in [-0.3, -0.25) is 4.90 Å². The number of hydrogen-bond donors (Lipinski definition) is 1. The van der Waals surface area contributed by atoms with E-state index in [1.807, 2.05) is 48.5 Å². The molecule has 1 fully saturated rings. The Bertz CT molecular complexity index is 1370. The van der Waals surface area contributed by atoms with Crippen molar-refractivity contribution in [3.8, 4) is 5.75 Å². The summed E-state index contributed by atoms with van der Waals surface area (Å²) in [5.41, 5.74) is 5.68. The molecule has 0 aromatic heterocycles. The smallest absolute Gasteiger partial charge is 0.123 e. The number of benzene rings is 4. The monoisotopic (exact) mass is 548 g/mol. The Morgan fingerprint density at radius 2 is 1.41 bits per heavy atom. The van der Waals surface area contributed by atoms with Crippen LogP contribution < -0.4 is 9.64 Å². The first-order valence-corrected chi connectivity index (χ1v) is 15.1. The van der Waals surface area contributed by atoms with E-state index in [0.29, 0.717) is 6.61 Å². The summed E-state index contributed by atoms with van der Waals surface area (Å²) in [4.78, 5) is 5.03. The minimum absolute atomic E-state index is 0.162. The zero-order valence-corrected chi connectivity index (χ0v) is 24.8. The van der Waals surface area contributed by atoms with Gasteiger partial charge in [0.15, 0.2) is 0 Å². The van der Waals surface area contributed by atoms with E-state index in [0.717, 1.165) is 68.0 Å². The number of aliphatic hydroxyl groups is 1. The average molecular weight is 549 g/mol. The average Bonchev–Trinajstić information content (AvgIpc) is 3.02. The van der Waals surface area contributed by atoms with Crippen LogP contribution >= 0.6 is 0 Å². The maximum Gasteiger partial charge on any atom is 0.123 e. The number of piperazine rings is 1. The number of anilines is 1. The van der Waals surface area contributed by atoms with E-state index in [9.17, 15) is 5.11 Å². The summed E-state index contributed by atoms with van der Waals surface area (Å²) in [5, 5.41) is 12.9. The number of hydrogen-bond acceptors (Lipinski definition) is 4. The van der Waals surface area contributed by atoms with E-state index in [2.05, 4.69) is 85.2 Å². The molecule has 1 saturated heterocycles. The predicted molar refractivity (Wildman–Crippen MR) is 170 cm³/mol. The van der Waals surface area contributed by atoms with Crippen LogP contribution in [0.2, 0.25) is 0 Å². The fourth-order valence-corrected chi connectivity index (χ4v) is 6.05. The van der Waals surface area contributed by atoms with Crippen LogP contribution in [-0.2, 0) is 5.60 Å². The van der Waals surface area contributed by atoms with Crippen molar-refractivity contribution in [1.82, 2.24) is 4.90 Å². The normalized spacial score (nSPS) is 16.2. The molecule has 4 aromatic carbocycles. The molecule has 41 heavy (non-hydrogen) atoms. The molecular weight excluding hydrogens is 504 g/mol. The van der Waals surface area contributed by atoms with Crippen molar-refractivity contribution in [2.24, 2.45) is 0 Å². The molecule has 5 rings (SSSR count). The third kappa shape index (κ3) is 6.66. The molecule has 1 aliphatic rings. The summed E-state index contributed by atoms with van der Waals surface area (Å²) in [7, 11) is 0. The quantitative estimate of drug-likeness (QED) is 0.199. The lowest BCUT2D eigenvalue weighted by atomic mass is 9.72. The molecular formula is C37H44N2O2. The van der Waals surface area contributed by atoms with Crippen LogP contribution in [0.1, 0.15) is 53.5 Å². The minimum Gasteiger partial charge on any atom is -0.494 e. The molecule has 0 saturated carbocycles. The van der Waals surface area contributed by atoms with Crippen molar-refractivity contribution in [3.05, 3.63) is 131 Å². The molecule has 214 valence electrons. The first kappa shape index (κ1) is 28.9. The topological polar surface area (TPSA) is 35.9 Å². The Balaban J connectivity index is 1.45. The highest BCUT2D eigenvalue weighted by atomic mass is 16.5. The van der Waals surface area contributed by atoms with E-state index in [1.54, 1.807) is 0 Å². The van der Waals surface area contributed by atoms with Gasteiger partial charge in [-0.15, -0.1) is 0 Å². The van der Waals surface area contributed by atoms with Crippen LogP contribution in [0.15, 0.2) is 103 Å². The first-order valence-electron chi connectivity index (χ1n) is 15.1. The SMILES string of the molecule is CCCCOc1ccc([C@@](O)(c2ccccc2)[C@@H](CN2CCN(c3cc(C)ccc3C)CC2)c2ccccc2)cc1. The fraction of sp³-hybridized carbons (Fsp3) is 0.351. The molecule has 0 amide bonds. The first-order chi connectivity index (χ1) is 20.0. The van der Waals surface area contributed by atoms with E-state index in [1.165, 1.54) is 16.8 Å². The van der Waals surface area contributed by atoms with Gasteiger partial charge in [0, 0.05) is 44.3 Å². The summed E-state index contributed by atoms with van der Waals surface area (Å²) in [5.74, 6) is 0.682. The van der Waals surface area contributed by atoms with Crippen molar-refractivity contribution < 1.29 is 9.84 Å². The Labute approximate surface area is 246 Å². The number of rotatable bonds is 11. The molecule has 4 heteroatoms. The highest BCUT2D eigenvalue weighted by Crippen LogP contribution is 2.43. The fourth-order valence-electron chi connectivity index (χ4n) is 6.05. The number of aryl methyl sites for hydroxylation is 2. The molecule has 1 heterocycles. The lowest BCUT2D eigenvalue weighted by molar-refractivity contribution is 0.0328. The van der Waals surface area contributed by atoms with Crippen molar-refractivity contribution in [2.45, 2.75) is 45.1 Å². The predicted octanol–water partition coefficient (Wildman–Crippen LogP) is 7.32. The van der Waals surface area contributed by atoms with E-state index in [-0.39, 0.29) is 5.92 Å². The van der Waals surface area contributed by atoms with Crippen LogP contribution in [-0.4, -0.2) is 49.3 Å². The van der Waals surface area contributed by atoms with E-state index in [4.69, 9.17) is 4.74 Å². The van der Waals surface area contributed by atoms with Crippen LogP contribution in [0.4, 0.5) is 5.69 Å². The van der Waals surface area contributed by atoms with Crippen LogP contribution in [0.3, 0.4) is 0 Å². The van der Waals surface area contributed by atoms with Gasteiger partial charge >= 0.3 is 0 Å². The van der Waals surface area contributed by atoms with Crippen molar-refractivity contribution >= 4 is 5.69 Å². The molecule has 2 atom stereocenters. The van der Waals surface area contributed by atoms with Gasteiger partial charge in [-0.25, -0.2) is 0 Å². The van der Waals surface area contributed by atoms with E-state index >= 15 is 0 Å². The minimum atomic E-state index is -1.21. The molecule has 0 radical (unpaired) electrons. The van der Waals surface area contributed by atoms with Gasteiger partial charge in [0.1, 0.15) is 11.4 Å². The summed E-state index contributed by atoms with van der Waals surface area (Å²) in [6, 6.07) is 35.5. The Hall–Kier alpha value is -3.60. The van der Waals surface area contributed by atoms with Gasteiger partial charge in [0.25, 0.3) is 0 Å². The molecule has 4 nitrogen and oxygen atoms in total. The lowest BCUT2D eigenvalue weighted by Crippen LogP contribution is -2.50. The molecule has 1 N–H and O–H groups in total. The van der Waals surface area contributed by atoms with Crippen LogP contribution in [0, 0.1) is 13.8 Å². The third-order valence-corrected chi connectivity index (χ3v) is 8.50. The largest absolute Gasteiger partial charge is 0.494 e. The van der Waals surface area contributed by atoms with Crippen molar-refractivity contribution in [3.63, 3.8) is 0 Å². The van der Waals surface area contributed by atoms with Crippen molar-refractivity contribution in [1.29, 1.82) is 0 Å². The van der Waals surface area contributed by atoms with Gasteiger partial charge in [-0.2, -0.15) is 0 Å². The molecule has 0 aliphatic carbocycles. The third-order valence-electron chi connectivity index (χ3n) is 8.50. The zero-order chi connectivity index (χ0) is 28.7. The van der Waals surface area contributed by atoms with Gasteiger partial charge in [0.05, 0.1) is 6.61 Å². The molecule has 1 aliphatic heterocycles. The molecule has 0 spiro atoms.